The third-order valence-corrected chi connectivity index (χ3v) is 27.4. The summed E-state index contributed by atoms with van der Waals surface area (Å²) in [5.41, 5.74) is -3.77. The molecule has 7 saturated heterocycles. The minimum atomic E-state index is -2.06. The number of aliphatic hydroxyl groups is 20. The Hall–Kier alpha value is -2.11. The summed E-state index contributed by atoms with van der Waals surface area (Å²) in [6, 6.07) is 0. The lowest BCUT2D eigenvalue weighted by Gasteiger charge is -2.72. The molecule has 11 fully saturated rings. The lowest BCUT2D eigenvalue weighted by atomic mass is 9.33. The number of esters is 1. The molecule has 0 aromatic rings. The van der Waals surface area contributed by atoms with Crippen LogP contribution in [0.3, 0.4) is 0 Å². The van der Waals surface area contributed by atoms with Crippen LogP contribution in [0.15, 0.2) is 11.6 Å². The molecule has 35 heteroatoms. The van der Waals surface area contributed by atoms with Gasteiger partial charge in [0.25, 0.3) is 0 Å². The number of hydrogen-bond acceptors (Lipinski definition) is 35. The van der Waals surface area contributed by atoms with Gasteiger partial charge in [-0.25, -0.2) is 0 Å². The first-order valence-electron chi connectivity index (χ1n) is 37.5. The van der Waals surface area contributed by atoms with Gasteiger partial charge in [0.2, 0.25) is 6.29 Å². The highest BCUT2D eigenvalue weighted by Gasteiger charge is 2.73. The van der Waals surface area contributed by atoms with E-state index in [9.17, 15) is 102 Å². The van der Waals surface area contributed by atoms with Gasteiger partial charge in [-0.1, -0.05) is 53.2 Å². The van der Waals surface area contributed by atoms with Crippen molar-refractivity contribution in [3.8, 4) is 0 Å². The van der Waals surface area contributed by atoms with E-state index >= 15 is 4.79 Å². The fraction of sp³-hybridized carbons (Fsp3) is 0.958. The molecule has 0 bridgehead atoms. The summed E-state index contributed by atoms with van der Waals surface area (Å²) in [5, 5.41) is 223. The van der Waals surface area contributed by atoms with Gasteiger partial charge < -0.3 is 168 Å². The van der Waals surface area contributed by atoms with Crippen molar-refractivity contribution in [2.45, 2.75) is 348 Å². The van der Waals surface area contributed by atoms with Crippen molar-refractivity contribution in [2.75, 3.05) is 26.4 Å². The quantitative estimate of drug-likeness (QED) is 0.0366. The summed E-state index contributed by atoms with van der Waals surface area (Å²) in [4.78, 5) is 15.8. The van der Waals surface area contributed by atoms with E-state index < -0.39 is 280 Å². The maximum atomic E-state index is 15.8. The Labute approximate surface area is 613 Å². The van der Waals surface area contributed by atoms with Crippen LogP contribution in [0.2, 0.25) is 0 Å². The minimum Gasteiger partial charge on any atom is -0.432 e. The average molecular weight is 1530 g/mol. The van der Waals surface area contributed by atoms with Gasteiger partial charge in [0.05, 0.1) is 63.1 Å². The van der Waals surface area contributed by atoms with E-state index in [-0.39, 0.29) is 36.7 Å². The van der Waals surface area contributed by atoms with Crippen molar-refractivity contribution < 1.29 is 173 Å². The second kappa shape index (κ2) is 31.2. The second-order valence-corrected chi connectivity index (χ2v) is 34.1. The molecule has 4 saturated carbocycles. The molecule has 0 spiro atoms. The van der Waals surface area contributed by atoms with Gasteiger partial charge in [-0.2, -0.15) is 0 Å². The first-order valence-corrected chi connectivity index (χ1v) is 37.5. The average Bonchev–Trinajstić information content (AvgIpc) is 0.670. The Morgan fingerprint density at radius 3 is 1.53 bits per heavy atom. The van der Waals surface area contributed by atoms with Gasteiger partial charge in [0.15, 0.2) is 43.8 Å². The van der Waals surface area contributed by atoms with Gasteiger partial charge in [0.1, 0.15) is 140 Å². The van der Waals surface area contributed by atoms with E-state index in [0.717, 1.165) is 5.57 Å². The van der Waals surface area contributed by atoms with Crippen LogP contribution >= 0.6 is 0 Å². The second-order valence-electron chi connectivity index (χ2n) is 34.1. The topological polar surface area (TPSA) is 551 Å². The molecule has 5 aliphatic carbocycles. The number of carbonyl (C=O) groups excluding carboxylic acids is 1. The highest BCUT2D eigenvalue weighted by atomic mass is 16.8. The van der Waals surface area contributed by atoms with Crippen LogP contribution in [0.25, 0.3) is 0 Å². The zero-order valence-corrected chi connectivity index (χ0v) is 61.4. The third-order valence-electron chi connectivity index (χ3n) is 27.4. The van der Waals surface area contributed by atoms with Crippen LogP contribution in [0.5, 0.6) is 0 Å². The lowest BCUT2D eigenvalue weighted by Crippen LogP contribution is -2.69. The van der Waals surface area contributed by atoms with Crippen molar-refractivity contribution in [3.05, 3.63) is 11.6 Å². The Morgan fingerprint density at radius 1 is 0.443 bits per heavy atom. The van der Waals surface area contributed by atoms with E-state index in [2.05, 4.69) is 40.7 Å². The van der Waals surface area contributed by atoms with Gasteiger partial charge in [0, 0.05) is 5.41 Å². The van der Waals surface area contributed by atoms with Crippen LogP contribution in [-0.4, -0.2) is 356 Å². The first kappa shape index (κ1) is 83.3. The Bertz CT molecular complexity index is 3030. The summed E-state index contributed by atoms with van der Waals surface area (Å²) in [7, 11) is 0. The molecule has 44 unspecified atom stereocenters. The number of allylic oxidation sites excluding steroid dienone is 2. The summed E-state index contributed by atoms with van der Waals surface area (Å²) in [6.07, 6.45) is -52.9. The molecular weight excluding hydrogens is 1410 g/mol. The van der Waals surface area contributed by atoms with Gasteiger partial charge >= 0.3 is 5.97 Å². The molecule has 106 heavy (non-hydrogen) atoms. The predicted octanol–water partition coefficient (Wildman–Crippen LogP) is -5.87. The van der Waals surface area contributed by atoms with Crippen molar-refractivity contribution in [2.24, 2.45) is 50.2 Å². The number of aliphatic hydroxyl groups excluding tert-OH is 20. The maximum absolute atomic E-state index is 15.8. The monoisotopic (exact) mass is 1530 g/mol. The van der Waals surface area contributed by atoms with Crippen LogP contribution in [0.1, 0.15) is 127 Å². The molecule has 7 aliphatic heterocycles. The molecule has 0 amide bonds. The van der Waals surface area contributed by atoms with E-state index in [4.69, 9.17) is 66.3 Å². The van der Waals surface area contributed by atoms with E-state index in [1.807, 2.05) is 6.92 Å². The molecular formula is C71H116O35. The number of ether oxygens (including phenoxy) is 14. The van der Waals surface area contributed by atoms with Crippen molar-refractivity contribution in [1.29, 1.82) is 0 Å². The molecule has 0 radical (unpaired) electrons. The first-order chi connectivity index (χ1) is 49.7. The van der Waals surface area contributed by atoms with Crippen molar-refractivity contribution >= 4 is 5.97 Å². The number of hydrogen-bond donors (Lipinski definition) is 20. The summed E-state index contributed by atoms with van der Waals surface area (Å²) >= 11 is 0. The Kier molecular flexibility index (Phi) is 24.6. The SMILES string of the molecule is CC1OC(OC2C(OC3C(O)COC(OC4C(C)OC(OC5C(OC(=O)C67CCC(C)(C)CC6C6=CCC8C9(C)CCC(OC%10OC(CO)C(O)C(OC%11OC(CO)C(O)C(O)C%11O)C%10O)C(C)(CO)C9CCC8(C)C6(C)CC7O)OC(C)C(O)C5O)C(O)C4O)C3O)OC(C)C(O)C2O)C(O)C(O)C1O. The normalized spacial score (nSPS) is 56.2. The maximum Gasteiger partial charge on any atom is 0.317 e. The van der Waals surface area contributed by atoms with Crippen LogP contribution in [0.4, 0.5) is 0 Å². The smallest absolute Gasteiger partial charge is 0.317 e. The minimum absolute atomic E-state index is 0.0734. The summed E-state index contributed by atoms with van der Waals surface area (Å²) < 4.78 is 84.0. The molecule has 20 N–H and O–H groups in total. The molecule has 610 valence electrons. The largest absolute Gasteiger partial charge is 0.432 e. The number of fused-ring (bicyclic) bond motifs is 7. The summed E-state index contributed by atoms with van der Waals surface area (Å²) in [5.74, 6) is -1.78. The summed E-state index contributed by atoms with van der Waals surface area (Å²) in [6.45, 7) is 15.9. The van der Waals surface area contributed by atoms with Crippen LogP contribution in [0, 0.1) is 50.2 Å². The van der Waals surface area contributed by atoms with E-state index in [1.165, 1.54) is 27.7 Å². The molecule has 7 heterocycles. The Balaban J connectivity index is 0.732. The molecule has 12 rings (SSSR count). The van der Waals surface area contributed by atoms with E-state index in [0.29, 0.717) is 44.9 Å². The highest BCUT2D eigenvalue weighted by molar-refractivity contribution is 5.80. The molecule has 12 aliphatic rings. The van der Waals surface area contributed by atoms with Crippen molar-refractivity contribution in [1.82, 2.24) is 0 Å². The number of rotatable bonds is 17. The van der Waals surface area contributed by atoms with Crippen molar-refractivity contribution in [3.63, 3.8) is 0 Å². The fourth-order valence-electron chi connectivity index (χ4n) is 20.6. The zero-order chi connectivity index (χ0) is 77.5. The highest BCUT2D eigenvalue weighted by Crippen LogP contribution is 2.76. The lowest BCUT2D eigenvalue weighted by molar-refractivity contribution is -0.390. The third kappa shape index (κ3) is 14.1. The predicted molar refractivity (Wildman–Crippen MR) is 352 cm³/mol. The van der Waals surface area contributed by atoms with Gasteiger partial charge in [-0.3, -0.25) is 4.79 Å². The molecule has 35 nitrogen and oxygen atoms in total. The van der Waals surface area contributed by atoms with E-state index in [1.54, 1.807) is 0 Å². The zero-order valence-electron chi connectivity index (χ0n) is 61.4. The van der Waals surface area contributed by atoms with Gasteiger partial charge in [-0.15, -0.1) is 0 Å². The van der Waals surface area contributed by atoms with Gasteiger partial charge in [-0.05, 0) is 125 Å². The molecule has 0 aromatic carbocycles. The molecule has 0 aromatic heterocycles. The number of carbonyl (C=O) groups is 1. The standard InChI is InChI=1S/C71H116O35/c1-25-38(77)43(82)48(87)59(94-25)104-56-45(84)39(78)26(2)95-63(56)102-54-31(75)23-93-58(51(54)90)101-53-28(4)97-60(50(89)47(53)86)105-57-46(85)40(79)27(3)96-64(57)106-65(92)71-18-17-66(5,6)19-30(71)29-11-12-35-67(7)15-14-37(68(8,24-74)34(67)13-16-69(35,9)70(29,10)20-36(71)76)100-62-52(91)55(42(81)33(22-73)99-62)103-61-49(88)44(83)41(80)32(21-72)98-61/h11,25-28,30-64,72-91H,12-24H2,1-10H3. The van der Waals surface area contributed by atoms with Crippen LogP contribution in [-0.2, 0) is 71.1 Å². The van der Waals surface area contributed by atoms with Crippen LogP contribution < -0.4 is 0 Å². The Morgan fingerprint density at radius 2 is 0.925 bits per heavy atom. The molecule has 44 atom stereocenters. The fourth-order valence-corrected chi connectivity index (χ4v) is 20.6.